The van der Waals surface area contributed by atoms with Crippen LogP contribution in [0.25, 0.3) is 22.6 Å². The second kappa shape index (κ2) is 6.06. The van der Waals surface area contributed by atoms with Gasteiger partial charge in [0.05, 0.1) is 5.69 Å². The largest absolute Gasteiger partial charge is 0.228 e. The maximum Gasteiger partial charge on any atom is 0.161 e. The number of hydrogen-bond donors (Lipinski definition) is 0. The lowest BCUT2D eigenvalue weighted by atomic mass is 10.1. The van der Waals surface area contributed by atoms with Gasteiger partial charge in [0, 0.05) is 17.2 Å². The van der Waals surface area contributed by atoms with Crippen molar-refractivity contribution in [2.75, 3.05) is 0 Å². The van der Waals surface area contributed by atoms with E-state index >= 15 is 0 Å². The lowest BCUT2D eigenvalue weighted by Gasteiger charge is -2.06. The molecule has 3 heteroatoms. The van der Waals surface area contributed by atoms with Crippen LogP contribution < -0.4 is 0 Å². The summed E-state index contributed by atoms with van der Waals surface area (Å²) >= 11 is 6.16. The summed E-state index contributed by atoms with van der Waals surface area (Å²) in [6.07, 6.45) is 1.02. The highest BCUT2D eigenvalue weighted by atomic mass is 35.5. The zero-order chi connectivity index (χ0) is 14.7. The van der Waals surface area contributed by atoms with Gasteiger partial charge in [0.2, 0.25) is 0 Å². The van der Waals surface area contributed by atoms with Gasteiger partial charge in [-0.3, -0.25) is 0 Å². The Labute approximate surface area is 129 Å². The third-order valence-corrected chi connectivity index (χ3v) is 3.58. The number of halogens is 1. The molecule has 0 N–H and O–H groups in total. The third-order valence-electron chi connectivity index (χ3n) is 3.38. The van der Waals surface area contributed by atoms with E-state index in [0.29, 0.717) is 11.0 Å². The molecule has 0 atom stereocenters. The summed E-state index contributed by atoms with van der Waals surface area (Å²) in [4.78, 5) is 8.97. The van der Waals surface area contributed by atoms with Crippen LogP contribution in [0.5, 0.6) is 0 Å². The Kier molecular flexibility index (Phi) is 3.98. The number of aryl methyl sites for hydroxylation is 1. The molecule has 3 rings (SSSR count). The molecular formula is C18H15ClN2. The summed E-state index contributed by atoms with van der Waals surface area (Å²) < 4.78 is 0. The molecule has 0 bridgehead atoms. The second-order valence-corrected chi connectivity index (χ2v) is 5.20. The van der Waals surface area contributed by atoms with Crippen molar-refractivity contribution in [3.8, 4) is 22.6 Å². The minimum Gasteiger partial charge on any atom is -0.228 e. The SMILES string of the molecule is CCc1ccc(-c2nc(Cl)cc(-c3ccccc3)n2)cc1. The first-order valence-electron chi connectivity index (χ1n) is 6.95. The molecule has 1 heterocycles. The van der Waals surface area contributed by atoms with Crippen molar-refractivity contribution in [3.63, 3.8) is 0 Å². The van der Waals surface area contributed by atoms with Crippen LogP contribution in [0, 0.1) is 0 Å². The van der Waals surface area contributed by atoms with E-state index in [1.165, 1.54) is 5.56 Å². The summed E-state index contributed by atoms with van der Waals surface area (Å²) in [5, 5.41) is 0.457. The van der Waals surface area contributed by atoms with Crippen molar-refractivity contribution >= 4 is 11.6 Å². The van der Waals surface area contributed by atoms with Crippen LogP contribution >= 0.6 is 11.6 Å². The Hall–Kier alpha value is -2.19. The molecule has 0 unspecified atom stereocenters. The van der Waals surface area contributed by atoms with Gasteiger partial charge in [-0.25, -0.2) is 9.97 Å². The van der Waals surface area contributed by atoms with Gasteiger partial charge in [-0.1, -0.05) is 73.1 Å². The third kappa shape index (κ3) is 3.11. The van der Waals surface area contributed by atoms with E-state index in [2.05, 4.69) is 29.0 Å². The van der Waals surface area contributed by atoms with Gasteiger partial charge in [-0.2, -0.15) is 0 Å². The first-order valence-corrected chi connectivity index (χ1v) is 7.33. The lowest BCUT2D eigenvalue weighted by molar-refractivity contribution is 1.13. The van der Waals surface area contributed by atoms with E-state index in [4.69, 9.17) is 11.6 Å². The predicted octanol–water partition coefficient (Wildman–Crippen LogP) is 5.03. The zero-order valence-corrected chi connectivity index (χ0v) is 12.5. The molecule has 0 amide bonds. The average Bonchev–Trinajstić information content (AvgIpc) is 2.55. The highest BCUT2D eigenvalue weighted by Gasteiger charge is 2.07. The fourth-order valence-electron chi connectivity index (χ4n) is 2.19. The van der Waals surface area contributed by atoms with Gasteiger partial charge in [0.1, 0.15) is 5.15 Å². The van der Waals surface area contributed by atoms with Crippen LogP contribution in [0.15, 0.2) is 60.7 Å². The minimum atomic E-state index is 0.457. The van der Waals surface area contributed by atoms with Gasteiger partial charge >= 0.3 is 0 Å². The standard InChI is InChI=1S/C18H15ClN2/c1-2-13-8-10-15(11-9-13)18-20-16(12-17(19)21-18)14-6-4-3-5-7-14/h3-12H,2H2,1H3. The fraction of sp³-hybridized carbons (Fsp3) is 0.111. The first-order chi connectivity index (χ1) is 10.3. The summed E-state index contributed by atoms with van der Waals surface area (Å²) in [5.41, 5.74) is 4.15. The van der Waals surface area contributed by atoms with Crippen molar-refractivity contribution in [1.29, 1.82) is 0 Å². The smallest absolute Gasteiger partial charge is 0.161 e. The van der Waals surface area contributed by atoms with Gasteiger partial charge < -0.3 is 0 Å². The summed E-state index contributed by atoms with van der Waals surface area (Å²) in [6, 6.07) is 20.1. The van der Waals surface area contributed by atoms with E-state index in [-0.39, 0.29) is 0 Å². The Morgan fingerprint density at radius 1 is 0.857 bits per heavy atom. The van der Waals surface area contributed by atoms with Gasteiger partial charge in [-0.05, 0) is 12.0 Å². The van der Waals surface area contributed by atoms with Gasteiger partial charge in [0.25, 0.3) is 0 Å². The zero-order valence-electron chi connectivity index (χ0n) is 11.8. The quantitative estimate of drug-likeness (QED) is 0.633. The molecule has 0 saturated heterocycles. The maximum atomic E-state index is 6.16. The molecule has 0 saturated carbocycles. The number of hydrogen-bond acceptors (Lipinski definition) is 2. The lowest BCUT2D eigenvalue weighted by Crippen LogP contribution is -1.93. The number of nitrogens with zero attached hydrogens (tertiary/aromatic N) is 2. The number of rotatable bonds is 3. The van der Waals surface area contributed by atoms with Crippen molar-refractivity contribution < 1.29 is 0 Å². The Morgan fingerprint density at radius 2 is 1.57 bits per heavy atom. The van der Waals surface area contributed by atoms with Crippen LogP contribution in [0.2, 0.25) is 5.15 Å². The van der Waals surface area contributed by atoms with Crippen LogP contribution in [0.1, 0.15) is 12.5 Å². The second-order valence-electron chi connectivity index (χ2n) is 4.82. The Balaban J connectivity index is 2.05. The van der Waals surface area contributed by atoms with Crippen LogP contribution in [0.3, 0.4) is 0 Å². The van der Waals surface area contributed by atoms with Crippen LogP contribution in [0.4, 0.5) is 0 Å². The molecule has 0 aliphatic carbocycles. The highest BCUT2D eigenvalue weighted by Crippen LogP contribution is 2.24. The minimum absolute atomic E-state index is 0.457. The predicted molar refractivity (Wildman–Crippen MR) is 87.3 cm³/mol. The summed E-state index contributed by atoms with van der Waals surface area (Å²) in [7, 11) is 0. The van der Waals surface area contributed by atoms with E-state index < -0.39 is 0 Å². The summed E-state index contributed by atoms with van der Waals surface area (Å²) in [6.45, 7) is 2.14. The molecule has 3 aromatic rings. The van der Waals surface area contributed by atoms with Gasteiger partial charge in [-0.15, -0.1) is 0 Å². The molecular weight excluding hydrogens is 280 g/mol. The topological polar surface area (TPSA) is 25.8 Å². The molecule has 2 aromatic carbocycles. The molecule has 2 nitrogen and oxygen atoms in total. The molecule has 0 aliphatic rings. The van der Waals surface area contributed by atoms with Crippen molar-refractivity contribution in [2.24, 2.45) is 0 Å². The van der Waals surface area contributed by atoms with Crippen molar-refractivity contribution in [2.45, 2.75) is 13.3 Å². The Morgan fingerprint density at radius 3 is 2.24 bits per heavy atom. The highest BCUT2D eigenvalue weighted by molar-refractivity contribution is 6.29. The molecule has 1 aromatic heterocycles. The van der Waals surface area contributed by atoms with E-state index in [1.807, 2.05) is 42.5 Å². The number of benzene rings is 2. The van der Waals surface area contributed by atoms with Crippen molar-refractivity contribution in [3.05, 3.63) is 71.4 Å². The molecule has 104 valence electrons. The fourth-order valence-corrected chi connectivity index (χ4v) is 2.38. The molecule has 0 fully saturated rings. The maximum absolute atomic E-state index is 6.16. The average molecular weight is 295 g/mol. The molecule has 0 spiro atoms. The molecule has 21 heavy (non-hydrogen) atoms. The molecule has 0 aliphatic heterocycles. The number of aromatic nitrogens is 2. The molecule has 0 radical (unpaired) electrons. The normalized spacial score (nSPS) is 10.6. The van der Waals surface area contributed by atoms with Crippen molar-refractivity contribution in [1.82, 2.24) is 9.97 Å². The Bertz CT molecular complexity index is 737. The monoisotopic (exact) mass is 294 g/mol. The van der Waals surface area contributed by atoms with Gasteiger partial charge in [0.15, 0.2) is 5.82 Å². The van der Waals surface area contributed by atoms with E-state index in [9.17, 15) is 0 Å². The summed E-state index contributed by atoms with van der Waals surface area (Å²) in [5.74, 6) is 0.656. The van der Waals surface area contributed by atoms with Crippen LogP contribution in [-0.4, -0.2) is 9.97 Å². The van der Waals surface area contributed by atoms with Crippen LogP contribution in [-0.2, 0) is 6.42 Å². The van der Waals surface area contributed by atoms with E-state index in [0.717, 1.165) is 23.2 Å². The van der Waals surface area contributed by atoms with E-state index in [1.54, 1.807) is 6.07 Å². The first kappa shape index (κ1) is 13.8.